The summed E-state index contributed by atoms with van der Waals surface area (Å²) in [7, 11) is 0. The summed E-state index contributed by atoms with van der Waals surface area (Å²) in [6.07, 6.45) is 0.904. The highest BCUT2D eigenvalue weighted by Gasteiger charge is 2.25. The molecule has 0 saturated heterocycles. The maximum atomic E-state index is 11.7. The van der Waals surface area contributed by atoms with Gasteiger partial charge in [0.2, 0.25) is 11.8 Å². The number of nitrogens with one attached hydrogen (secondary N) is 1. The second-order valence-electron chi connectivity index (χ2n) is 5.12. The highest BCUT2D eigenvalue weighted by Crippen LogP contribution is 2.16. The second kappa shape index (κ2) is 6.57. The molecule has 0 spiro atoms. The fourth-order valence-corrected chi connectivity index (χ4v) is 1.67. The Bertz CT molecular complexity index is 472. The fourth-order valence-electron chi connectivity index (χ4n) is 1.44. The van der Waals surface area contributed by atoms with Crippen LogP contribution in [0.2, 0.25) is 5.02 Å². The van der Waals surface area contributed by atoms with E-state index in [2.05, 4.69) is 5.32 Å². The Labute approximate surface area is 118 Å². The molecule has 0 bridgehead atoms. The van der Waals surface area contributed by atoms with Crippen molar-refractivity contribution in [2.45, 2.75) is 26.7 Å². The van der Waals surface area contributed by atoms with Crippen molar-refractivity contribution in [2.75, 3.05) is 6.54 Å². The van der Waals surface area contributed by atoms with Crippen LogP contribution in [0.4, 0.5) is 0 Å². The number of aryl methyl sites for hydroxylation is 1. The van der Waals surface area contributed by atoms with Crippen LogP contribution in [-0.4, -0.2) is 18.4 Å². The monoisotopic (exact) mass is 282 g/mol. The molecule has 0 aliphatic heterocycles. The summed E-state index contributed by atoms with van der Waals surface area (Å²) >= 11 is 6.01. The number of benzene rings is 1. The molecule has 0 aliphatic carbocycles. The third kappa shape index (κ3) is 4.91. The summed E-state index contributed by atoms with van der Waals surface area (Å²) in [5.41, 5.74) is 5.44. The molecule has 0 heterocycles. The molecule has 5 heteroatoms. The first-order valence-electron chi connectivity index (χ1n) is 6.13. The van der Waals surface area contributed by atoms with Crippen LogP contribution in [-0.2, 0) is 16.0 Å². The number of carbonyl (C=O) groups excluding carboxylic acids is 2. The number of halogens is 1. The van der Waals surface area contributed by atoms with Gasteiger partial charge in [-0.2, -0.15) is 0 Å². The third-order valence-corrected chi connectivity index (χ3v) is 3.34. The van der Waals surface area contributed by atoms with Gasteiger partial charge in [0.1, 0.15) is 0 Å². The van der Waals surface area contributed by atoms with Gasteiger partial charge in [-0.15, -0.1) is 0 Å². The summed E-state index contributed by atoms with van der Waals surface area (Å²) in [6, 6.07) is 7.42. The predicted octanol–water partition coefficient (Wildman–Crippen LogP) is 1.90. The van der Waals surface area contributed by atoms with Gasteiger partial charge in [-0.3, -0.25) is 9.59 Å². The first kappa shape index (κ1) is 15.5. The third-order valence-electron chi connectivity index (χ3n) is 2.97. The van der Waals surface area contributed by atoms with Crippen molar-refractivity contribution in [1.82, 2.24) is 5.32 Å². The van der Waals surface area contributed by atoms with Gasteiger partial charge >= 0.3 is 0 Å². The second-order valence-corrected chi connectivity index (χ2v) is 5.52. The summed E-state index contributed by atoms with van der Waals surface area (Å²) in [5.74, 6) is -0.548. The molecule has 0 aromatic heterocycles. The van der Waals surface area contributed by atoms with E-state index in [4.69, 9.17) is 17.3 Å². The lowest BCUT2D eigenvalue weighted by molar-refractivity contribution is -0.127. The minimum Gasteiger partial charge on any atom is -0.369 e. The van der Waals surface area contributed by atoms with Gasteiger partial charge in [0.05, 0.1) is 5.41 Å². The normalized spacial score (nSPS) is 11.1. The van der Waals surface area contributed by atoms with Crippen LogP contribution in [0.25, 0.3) is 0 Å². The molecule has 2 amide bonds. The zero-order valence-electron chi connectivity index (χ0n) is 11.2. The van der Waals surface area contributed by atoms with Gasteiger partial charge in [0.15, 0.2) is 0 Å². The molecular weight excluding hydrogens is 264 g/mol. The van der Waals surface area contributed by atoms with E-state index in [0.717, 1.165) is 5.56 Å². The van der Waals surface area contributed by atoms with Crippen LogP contribution < -0.4 is 11.1 Å². The maximum absolute atomic E-state index is 11.7. The van der Waals surface area contributed by atoms with E-state index >= 15 is 0 Å². The average Bonchev–Trinajstić information content (AvgIpc) is 2.35. The minimum atomic E-state index is -0.736. The maximum Gasteiger partial charge on any atom is 0.224 e. The molecule has 1 aromatic rings. The topological polar surface area (TPSA) is 72.2 Å². The summed E-state index contributed by atoms with van der Waals surface area (Å²) in [6.45, 7) is 3.64. The molecule has 0 unspecified atom stereocenters. The molecule has 0 fully saturated rings. The van der Waals surface area contributed by atoms with E-state index < -0.39 is 11.3 Å². The Morgan fingerprint density at radius 2 is 1.95 bits per heavy atom. The number of primary amides is 1. The van der Waals surface area contributed by atoms with Crippen LogP contribution >= 0.6 is 11.6 Å². The Kier molecular flexibility index (Phi) is 5.36. The first-order valence-corrected chi connectivity index (χ1v) is 6.51. The number of rotatable bonds is 6. The SMILES string of the molecule is CC(C)(CNC(=O)CCc1ccccc1Cl)C(N)=O. The largest absolute Gasteiger partial charge is 0.369 e. The Balaban J connectivity index is 2.41. The molecule has 0 saturated carbocycles. The number of nitrogens with two attached hydrogens (primary N) is 1. The lowest BCUT2D eigenvalue weighted by atomic mass is 9.93. The van der Waals surface area contributed by atoms with Gasteiger partial charge in [0, 0.05) is 18.0 Å². The lowest BCUT2D eigenvalue weighted by Crippen LogP contribution is -2.42. The average molecular weight is 283 g/mol. The van der Waals surface area contributed by atoms with Gasteiger partial charge in [-0.25, -0.2) is 0 Å². The van der Waals surface area contributed by atoms with Crippen LogP contribution in [0.5, 0.6) is 0 Å². The molecule has 104 valence electrons. The van der Waals surface area contributed by atoms with E-state index in [9.17, 15) is 9.59 Å². The Hall–Kier alpha value is -1.55. The van der Waals surface area contributed by atoms with E-state index in [1.807, 2.05) is 18.2 Å². The smallest absolute Gasteiger partial charge is 0.224 e. The van der Waals surface area contributed by atoms with Crippen molar-refractivity contribution < 1.29 is 9.59 Å². The van der Waals surface area contributed by atoms with Gasteiger partial charge in [-0.1, -0.05) is 29.8 Å². The van der Waals surface area contributed by atoms with Crippen molar-refractivity contribution in [1.29, 1.82) is 0 Å². The molecule has 1 aromatic carbocycles. The molecule has 0 radical (unpaired) electrons. The number of carbonyl (C=O) groups is 2. The van der Waals surface area contributed by atoms with Crippen molar-refractivity contribution >= 4 is 23.4 Å². The van der Waals surface area contributed by atoms with E-state index in [-0.39, 0.29) is 12.5 Å². The molecule has 3 N–H and O–H groups in total. The molecule has 4 nitrogen and oxygen atoms in total. The van der Waals surface area contributed by atoms with Gasteiger partial charge in [-0.05, 0) is 31.9 Å². The van der Waals surface area contributed by atoms with Gasteiger partial charge < -0.3 is 11.1 Å². The molecular formula is C14H19ClN2O2. The summed E-state index contributed by atoms with van der Waals surface area (Å²) in [5, 5.41) is 3.37. The summed E-state index contributed by atoms with van der Waals surface area (Å²) < 4.78 is 0. The predicted molar refractivity (Wildman–Crippen MR) is 75.8 cm³/mol. The quantitative estimate of drug-likeness (QED) is 0.836. The molecule has 0 aliphatic rings. The molecule has 1 rings (SSSR count). The molecule has 0 atom stereocenters. The van der Waals surface area contributed by atoms with Crippen LogP contribution in [0.1, 0.15) is 25.8 Å². The zero-order chi connectivity index (χ0) is 14.5. The van der Waals surface area contributed by atoms with E-state index in [0.29, 0.717) is 17.9 Å². The van der Waals surface area contributed by atoms with Crippen LogP contribution in [0.3, 0.4) is 0 Å². The van der Waals surface area contributed by atoms with Crippen molar-refractivity contribution in [3.05, 3.63) is 34.9 Å². The number of amides is 2. The first-order chi connectivity index (χ1) is 8.83. The molecule has 19 heavy (non-hydrogen) atoms. The fraction of sp³-hybridized carbons (Fsp3) is 0.429. The Morgan fingerprint density at radius 3 is 2.53 bits per heavy atom. The van der Waals surface area contributed by atoms with E-state index in [1.165, 1.54) is 0 Å². The zero-order valence-corrected chi connectivity index (χ0v) is 12.0. The number of hydrogen-bond acceptors (Lipinski definition) is 2. The Morgan fingerprint density at radius 1 is 1.32 bits per heavy atom. The summed E-state index contributed by atoms with van der Waals surface area (Å²) in [4.78, 5) is 22.8. The van der Waals surface area contributed by atoms with Crippen LogP contribution in [0.15, 0.2) is 24.3 Å². The standard InChI is InChI=1S/C14H19ClN2O2/c1-14(2,13(16)19)9-17-12(18)8-7-10-5-3-4-6-11(10)15/h3-6H,7-9H2,1-2H3,(H2,16,19)(H,17,18). The number of hydrogen-bond donors (Lipinski definition) is 2. The van der Waals surface area contributed by atoms with Crippen molar-refractivity contribution in [3.8, 4) is 0 Å². The van der Waals surface area contributed by atoms with Crippen LogP contribution in [0, 0.1) is 5.41 Å². The van der Waals surface area contributed by atoms with Gasteiger partial charge in [0.25, 0.3) is 0 Å². The minimum absolute atomic E-state index is 0.116. The van der Waals surface area contributed by atoms with E-state index in [1.54, 1.807) is 19.9 Å². The highest BCUT2D eigenvalue weighted by molar-refractivity contribution is 6.31. The highest BCUT2D eigenvalue weighted by atomic mass is 35.5. The van der Waals surface area contributed by atoms with Crippen molar-refractivity contribution in [3.63, 3.8) is 0 Å². The van der Waals surface area contributed by atoms with Crippen molar-refractivity contribution in [2.24, 2.45) is 11.1 Å². The lowest BCUT2D eigenvalue weighted by Gasteiger charge is -2.20.